The Balaban J connectivity index is 0.00000418. The third-order valence-corrected chi connectivity index (χ3v) is 14.6. The van der Waals surface area contributed by atoms with Crippen LogP contribution in [0.15, 0.2) is 107 Å². The van der Waals surface area contributed by atoms with Gasteiger partial charge in [0.1, 0.15) is 30.0 Å². The van der Waals surface area contributed by atoms with E-state index in [1.165, 1.54) is 26.0 Å². The van der Waals surface area contributed by atoms with E-state index in [2.05, 4.69) is 10.3 Å². The lowest BCUT2D eigenvalue weighted by Gasteiger charge is -2.67. The molecule has 4 aliphatic rings. The minimum atomic E-state index is -2.45. The minimum Gasteiger partial charge on any atom is -0.461 e. The lowest BCUT2D eigenvalue weighted by Crippen LogP contribution is -2.82. The molecular formula is C55H66N2O15. The summed E-state index contributed by atoms with van der Waals surface area (Å²) in [6, 6.07) is 22.9. The van der Waals surface area contributed by atoms with Crippen LogP contribution < -0.4 is 5.32 Å². The van der Waals surface area contributed by atoms with Crippen molar-refractivity contribution in [3.63, 3.8) is 0 Å². The number of Topliss-reactive ketones (excluding diaryl/α,β-unsaturated/α-hetero) is 1. The number of carbonyl (C=O) groups excluding carboxylic acids is 7. The molecule has 3 aromatic rings. The largest absolute Gasteiger partial charge is 0.461 e. The van der Waals surface area contributed by atoms with Gasteiger partial charge >= 0.3 is 29.8 Å². The quantitative estimate of drug-likeness (QED) is 0.0506. The number of esters is 5. The number of ketones is 1. The number of nitrogens with one attached hydrogen (secondary N) is 1. The van der Waals surface area contributed by atoms with Crippen LogP contribution in [0.4, 0.5) is 0 Å². The van der Waals surface area contributed by atoms with Gasteiger partial charge in [-0.1, -0.05) is 94.4 Å². The van der Waals surface area contributed by atoms with Crippen molar-refractivity contribution in [1.29, 1.82) is 0 Å². The maximum absolute atomic E-state index is 16.1. The lowest BCUT2D eigenvalue weighted by molar-refractivity contribution is -0.346. The van der Waals surface area contributed by atoms with E-state index in [4.69, 9.17) is 28.4 Å². The number of amides is 1. The van der Waals surface area contributed by atoms with Crippen molar-refractivity contribution >= 4 is 47.8 Å². The summed E-state index contributed by atoms with van der Waals surface area (Å²) in [5.41, 5.74) is -7.33. The Labute approximate surface area is 419 Å². The molecule has 1 saturated heterocycles. The zero-order valence-corrected chi connectivity index (χ0v) is 42.2. The number of carbonyl (C=O) groups is 7. The first kappa shape index (κ1) is 54.8. The SMILES string of the molecule is CC.CN=CCCCC(=O)O[C@H]1C[C@H]2OC[C@@]2(OC(C)=O)[C@H]2[C@H](OC(=O)c3ccccc3)[C@]3(O)CC(OC(=O)[C@H](O)C(NC(=O)c4ccccc4)c4ccccc4)C(C)=C([C@@H](OC(C)=O)C(=O)[C@]12C)C3(C)C. The highest BCUT2D eigenvalue weighted by molar-refractivity contribution is 5.96. The number of ether oxygens (including phenoxy) is 6. The molecule has 1 aliphatic heterocycles. The molecule has 0 spiro atoms. The number of nitrogens with zero attached hydrogens (tertiary/aromatic N) is 1. The molecule has 17 nitrogen and oxygen atoms in total. The van der Waals surface area contributed by atoms with Gasteiger partial charge in [0.05, 0.1) is 29.5 Å². The second-order valence-corrected chi connectivity index (χ2v) is 19.1. The summed E-state index contributed by atoms with van der Waals surface area (Å²) in [5, 5.41) is 28.6. The Bertz CT molecular complexity index is 2550. The predicted molar refractivity (Wildman–Crippen MR) is 261 cm³/mol. The fourth-order valence-electron chi connectivity index (χ4n) is 11.0. The fourth-order valence-corrected chi connectivity index (χ4v) is 11.0. The lowest BCUT2D eigenvalue weighted by atomic mass is 9.44. The van der Waals surface area contributed by atoms with Crippen molar-refractivity contribution < 1.29 is 72.2 Å². The maximum Gasteiger partial charge on any atom is 0.338 e. The predicted octanol–water partition coefficient (Wildman–Crippen LogP) is 6.18. The number of unbranched alkanes of at least 4 members (excludes halogenated alkanes) is 1. The van der Waals surface area contributed by atoms with Crippen LogP contribution in [0.3, 0.4) is 0 Å². The molecule has 72 heavy (non-hydrogen) atoms. The van der Waals surface area contributed by atoms with Gasteiger partial charge in [-0.2, -0.15) is 0 Å². The Kier molecular flexibility index (Phi) is 17.1. The smallest absolute Gasteiger partial charge is 0.338 e. The van der Waals surface area contributed by atoms with Gasteiger partial charge in [-0.25, -0.2) is 9.59 Å². The van der Waals surface area contributed by atoms with E-state index in [0.717, 1.165) is 13.8 Å². The van der Waals surface area contributed by atoms with Gasteiger partial charge < -0.3 is 48.9 Å². The second kappa shape index (κ2) is 22.5. The molecule has 3 N–H and O–H groups in total. The summed E-state index contributed by atoms with van der Waals surface area (Å²) in [7, 11) is 1.60. The number of aliphatic hydroxyl groups excluding tert-OH is 1. The van der Waals surface area contributed by atoms with Crippen molar-refractivity contribution in [3.05, 3.63) is 119 Å². The first-order valence-electron chi connectivity index (χ1n) is 24.3. The number of fused-ring (bicyclic) bond motifs is 5. The fraction of sp³-hybridized carbons (Fsp3) is 0.491. The molecule has 0 aromatic heterocycles. The van der Waals surface area contributed by atoms with Crippen LogP contribution in [-0.4, -0.2) is 119 Å². The van der Waals surface area contributed by atoms with Gasteiger partial charge in [-0.3, -0.25) is 24.0 Å². The summed E-state index contributed by atoms with van der Waals surface area (Å²) < 4.78 is 37.2. The summed E-state index contributed by atoms with van der Waals surface area (Å²) >= 11 is 0. The van der Waals surface area contributed by atoms with E-state index in [1.807, 2.05) is 13.8 Å². The molecule has 11 atom stereocenters. The zero-order valence-electron chi connectivity index (χ0n) is 42.2. The molecule has 3 aromatic carbocycles. The zero-order chi connectivity index (χ0) is 52.8. The molecule has 7 rings (SSSR count). The van der Waals surface area contributed by atoms with Gasteiger partial charge in [0.15, 0.2) is 23.6 Å². The highest BCUT2D eigenvalue weighted by Crippen LogP contribution is 2.65. The normalized spacial score (nSPS) is 28.8. The first-order valence-corrected chi connectivity index (χ1v) is 24.3. The van der Waals surface area contributed by atoms with Crippen molar-refractivity contribution in [3.8, 4) is 0 Å². The molecule has 17 heteroatoms. The minimum absolute atomic E-state index is 0.0244. The van der Waals surface area contributed by atoms with Crippen LogP contribution in [0.25, 0.3) is 0 Å². The topological polar surface area (TPSA) is 240 Å². The number of hydrogen-bond acceptors (Lipinski definition) is 16. The van der Waals surface area contributed by atoms with Crippen LogP contribution in [0, 0.1) is 16.7 Å². The van der Waals surface area contributed by atoms with E-state index < -0.39 is 119 Å². The Morgan fingerprint density at radius 2 is 1.44 bits per heavy atom. The van der Waals surface area contributed by atoms with Crippen LogP contribution in [0.2, 0.25) is 0 Å². The van der Waals surface area contributed by atoms with Crippen molar-refractivity contribution in [2.75, 3.05) is 13.7 Å². The molecule has 3 aliphatic carbocycles. The summed E-state index contributed by atoms with van der Waals surface area (Å²) in [4.78, 5) is 103. The average Bonchev–Trinajstić information content (AvgIpc) is 3.36. The molecule has 0 radical (unpaired) electrons. The number of rotatable bonds is 15. The maximum atomic E-state index is 16.1. The monoisotopic (exact) mass is 994 g/mol. The highest BCUT2D eigenvalue weighted by atomic mass is 16.6. The van der Waals surface area contributed by atoms with E-state index in [0.29, 0.717) is 18.4 Å². The van der Waals surface area contributed by atoms with Gasteiger partial charge in [0.2, 0.25) is 0 Å². The molecule has 1 heterocycles. The second-order valence-electron chi connectivity index (χ2n) is 19.1. The van der Waals surface area contributed by atoms with Gasteiger partial charge in [0, 0.05) is 51.1 Å². The summed E-state index contributed by atoms with van der Waals surface area (Å²) in [6.07, 6.45) is -8.25. The molecule has 2 saturated carbocycles. The number of aliphatic hydroxyl groups is 2. The third kappa shape index (κ3) is 10.4. The highest BCUT2D eigenvalue weighted by Gasteiger charge is 2.79. The molecule has 3 fully saturated rings. The Hall–Kier alpha value is -6.56. The molecular weight excluding hydrogens is 929 g/mol. The van der Waals surface area contributed by atoms with Crippen LogP contribution in [-0.2, 0) is 52.4 Å². The Morgan fingerprint density at radius 1 is 0.847 bits per heavy atom. The molecule has 1 amide bonds. The average molecular weight is 995 g/mol. The van der Waals surface area contributed by atoms with Crippen LogP contribution in [0.5, 0.6) is 0 Å². The van der Waals surface area contributed by atoms with Crippen molar-refractivity contribution in [1.82, 2.24) is 5.32 Å². The van der Waals surface area contributed by atoms with Gasteiger partial charge in [0.25, 0.3) is 5.91 Å². The van der Waals surface area contributed by atoms with Crippen LogP contribution >= 0.6 is 0 Å². The standard InChI is InChI=1S/C53H60N2O15.C2H6/c1-30-36(67-49(63)42(59)41(33-19-11-8-12-20-33)55-47(61)34-21-13-9-14-22-34)28-53(64)46(69-48(62)35-23-15-10-16-24-35)44-51(6,45(60)43(66-31(2)56)40(30)50(53,4)5)37(68-39(58)25-17-18-26-54-7)27-38-52(44,29-65-38)70-32(3)57;1-2/h8-16,19-24,26,36-38,41-44,46,59,64H,17-18,25,27-29H2,1-7H3,(H,55,61);1-2H3/t36?,37-,38+,41?,42+,43+,44-,46-,51+,52-,53+;/m0./s1. The Morgan fingerprint density at radius 3 is 2.00 bits per heavy atom. The van der Waals surface area contributed by atoms with Crippen molar-refractivity contribution in [2.24, 2.45) is 21.7 Å². The third-order valence-electron chi connectivity index (χ3n) is 14.6. The first-order chi connectivity index (χ1) is 34.2. The molecule has 2 bridgehead atoms. The van der Waals surface area contributed by atoms with Gasteiger partial charge in [-0.15, -0.1) is 0 Å². The van der Waals surface area contributed by atoms with Gasteiger partial charge in [-0.05, 0) is 73.9 Å². The molecule has 2 unspecified atom stereocenters. The van der Waals surface area contributed by atoms with Crippen molar-refractivity contribution in [2.45, 2.75) is 141 Å². The van der Waals surface area contributed by atoms with E-state index in [-0.39, 0.29) is 41.7 Å². The van der Waals surface area contributed by atoms with Crippen LogP contribution in [0.1, 0.15) is 120 Å². The number of hydrogen-bond donors (Lipinski definition) is 3. The molecule has 386 valence electrons. The number of aliphatic imine (C=N–C) groups is 1. The van der Waals surface area contributed by atoms with E-state index in [1.54, 1.807) is 106 Å². The van der Waals surface area contributed by atoms with E-state index in [9.17, 15) is 39.0 Å². The van der Waals surface area contributed by atoms with E-state index >= 15 is 4.79 Å². The summed E-state index contributed by atoms with van der Waals surface area (Å²) in [6.45, 7) is 12.0. The summed E-state index contributed by atoms with van der Waals surface area (Å²) in [5.74, 6) is -7.69. The number of benzene rings is 3.